The molecule has 136 valence electrons. The minimum absolute atomic E-state index is 0.0532. The number of hydrogen-bond donors (Lipinski definition) is 0. The fourth-order valence-corrected chi connectivity index (χ4v) is 5.03. The maximum absolute atomic E-state index is 5.91. The Morgan fingerprint density at radius 2 is 1.85 bits per heavy atom. The fraction of sp³-hybridized carbons (Fsp3) is 0.391. The zero-order valence-electron chi connectivity index (χ0n) is 16.0. The van der Waals surface area contributed by atoms with Crippen LogP contribution in [0.3, 0.4) is 0 Å². The zero-order chi connectivity index (χ0) is 18.3. The van der Waals surface area contributed by atoms with Crippen LogP contribution in [-0.4, -0.2) is 13.2 Å². The molecular formula is C23H26O2S. The van der Waals surface area contributed by atoms with E-state index in [-0.39, 0.29) is 5.41 Å². The van der Waals surface area contributed by atoms with Gasteiger partial charge < -0.3 is 9.47 Å². The third-order valence-electron chi connectivity index (χ3n) is 5.21. The van der Waals surface area contributed by atoms with Gasteiger partial charge in [-0.1, -0.05) is 52.0 Å². The molecule has 1 aromatic heterocycles. The average molecular weight is 367 g/mol. The van der Waals surface area contributed by atoms with Gasteiger partial charge in [0.2, 0.25) is 0 Å². The van der Waals surface area contributed by atoms with E-state index in [9.17, 15) is 0 Å². The van der Waals surface area contributed by atoms with Crippen LogP contribution in [0.1, 0.15) is 50.3 Å². The monoisotopic (exact) mass is 366 g/mol. The Hall–Kier alpha value is -2.00. The van der Waals surface area contributed by atoms with E-state index in [4.69, 9.17) is 9.47 Å². The van der Waals surface area contributed by atoms with E-state index in [1.165, 1.54) is 26.8 Å². The number of ether oxygens (including phenoxy) is 2. The molecule has 0 spiro atoms. The molecule has 0 unspecified atom stereocenters. The molecular weight excluding hydrogens is 340 g/mol. The fourth-order valence-electron chi connectivity index (χ4n) is 3.88. The third kappa shape index (κ3) is 3.09. The SMILES string of the molecule is CC(C)c1cc(CC(C)(C)c2csc3ccccc23)cc2c1OCCO2. The van der Waals surface area contributed by atoms with Crippen LogP contribution < -0.4 is 9.47 Å². The molecule has 2 heterocycles. The van der Waals surface area contributed by atoms with Gasteiger partial charge in [-0.2, -0.15) is 0 Å². The largest absolute Gasteiger partial charge is 0.486 e. The molecule has 2 nitrogen and oxygen atoms in total. The second-order valence-electron chi connectivity index (χ2n) is 8.07. The molecule has 0 N–H and O–H groups in total. The molecule has 4 rings (SSSR count). The quantitative estimate of drug-likeness (QED) is 0.538. The lowest BCUT2D eigenvalue weighted by molar-refractivity contribution is 0.169. The van der Waals surface area contributed by atoms with Crippen LogP contribution in [0.2, 0.25) is 0 Å². The number of rotatable bonds is 4. The molecule has 1 aliphatic rings. The first-order valence-corrected chi connectivity index (χ1v) is 10.2. The minimum atomic E-state index is 0.0532. The molecule has 0 bridgehead atoms. The van der Waals surface area contributed by atoms with Crippen molar-refractivity contribution in [2.75, 3.05) is 13.2 Å². The van der Waals surface area contributed by atoms with E-state index in [0.717, 1.165) is 17.9 Å². The second kappa shape index (κ2) is 6.62. The summed E-state index contributed by atoms with van der Waals surface area (Å²) < 4.78 is 13.2. The maximum Gasteiger partial charge on any atom is 0.164 e. The van der Waals surface area contributed by atoms with Crippen molar-refractivity contribution >= 4 is 21.4 Å². The lowest BCUT2D eigenvalue weighted by Gasteiger charge is -2.28. The van der Waals surface area contributed by atoms with E-state index in [2.05, 4.69) is 69.5 Å². The molecule has 3 heteroatoms. The highest BCUT2D eigenvalue weighted by molar-refractivity contribution is 7.17. The van der Waals surface area contributed by atoms with Gasteiger partial charge in [-0.05, 0) is 51.8 Å². The van der Waals surface area contributed by atoms with Crippen LogP contribution in [0.4, 0.5) is 0 Å². The Kier molecular flexibility index (Phi) is 4.44. The summed E-state index contributed by atoms with van der Waals surface area (Å²) in [4.78, 5) is 0. The zero-order valence-corrected chi connectivity index (χ0v) is 16.8. The van der Waals surface area contributed by atoms with Gasteiger partial charge in [0.15, 0.2) is 11.5 Å². The van der Waals surface area contributed by atoms with Gasteiger partial charge in [-0.25, -0.2) is 0 Å². The molecule has 0 fully saturated rings. The molecule has 3 aromatic rings. The van der Waals surface area contributed by atoms with Gasteiger partial charge in [0.25, 0.3) is 0 Å². The number of hydrogen-bond acceptors (Lipinski definition) is 3. The number of thiophene rings is 1. The average Bonchev–Trinajstić information content (AvgIpc) is 3.05. The van der Waals surface area contributed by atoms with Gasteiger partial charge in [0.1, 0.15) is 13.2 Å². The first-order valence-electron chi connectivity index (χ1n) is 9.35. The molecule has 26 heavy (non-hydrogen) atoms. The standard InChI is InChI=1S/C23H26O2S/c1-15(2)18-11-16(12-20-22(18)25-10-9-24-20)13-23(3,4)19-14-26-21-8-6-5-7-17(19)21/h5-8,11-12,14-15H,9-10,13H2,1-4H3. The summed E-state index contributed by atoms with van der Waals surface area (Å²) in [6.07, 6.45) is 0.976. The smallest absolute Gasteiger partial charge is 0.164 e. The predicted molar refractivity (Wildman–Crippen MR) is 110 cm³/mol. The Balaban J connectivity index is 1.73. The van der Waals surface area contributed by atoms with Crippen molar-refractivity contribution in [3.63, 3.8) is 0 Å². The number of benzene rings is 2. The molecule has 0 aliphatic carbocycles. The minimum Gasteiger partial charge on any atom is -0.486 e. The lowest BCUT2D eigenvalue weighted by Crippen LogP contribution is -2.21. The molecule has 0 saturated heterocycles. The van der Waals surface area contributed by atoms with Crippen molar-refractivity contribution < 1.29 is 9.47 Å². The summed E-state index contributed by atoms with van der Waals surface area (Å²) >= 11 is 1.84. The molecule has 0 amide bonds. The molecule has 0 atom stereocenters. The Labute approximate surface area is 159 Å². The topological polar surface area (TPSA) is 18.5 Å². The summed E-state index contributed by atoms with van der Waals surface area (Å²) in [5, 5.41) is 3.70. The van der Waals surface area contributed by atoms with Crippen molar-refractivity contribution in [3.8, 4) is 11.5 Å². The van der Waals surface area contributed by atoms with E-state index in [0.29, 0.717) is 19.1 Å². The van der Waals surface area contributed by atoms with E-state index >= 15 is 0 Å². The highest BCUT2D eigenvalue weighted by atomic mass is 32.1. The van der Waals surface area contributed by atoms with Crippen molar-refractivity contribution in [1.29, 1.82) is 0 Å². The van der Waals surface area contributed by atoms with E-state index < -0.39 is 0 Å². The predicted octanol–water partition coefficient (Wildman–Crippen LogP) is 6.32. The maximum atomic E-state index is 5.91. The van der Waals surface area contributed by atoms with Crippen LogP contribution >= 0.6 is 11.3 Å². The second-order valence-corrected chi connectivity index (χ2v) is 8.98. The van der Waals surface area contributed by atoms with Gasteiger partial charge >= 0.3 is 0 Å². The van der Waals surface area contributed by atoms with Crippen molar-refractivity contribution in [2.45, 2.75) is 45.4 Å². The Morgan fingerprint density at radius 3 is 2.65 bits per heavy atom. The van der Waals surface area contributed by atoms with Crippen molar-refractivity contribution in [1.82, 2.24) is 0 Å². The summed E-state index contributed by atoms with van der Waals surface area (Å²) in [5.74, 6) is 2.26. The van der Waals surface area contributed by atoms with Gasteiger partial charge in [-0.15, -0.1) is 11.3 Å². The summed E-state index contributed by atoms with van der Waals surface area (Å²) in [6, 6.07) is 13.2. The normalized spacial score (nSPS) is 14.2. The Bertz CT molecular complexity index is 937. The third-order valence-corrected chi connectivity index (χ3v) is 6.17. The molecule has 0 radical (unpaired) electrons. The van der Waals surface area contributed by atoms with Crippen molar-refractivity contribution in [2.24, 2.45) is 0 Å². The highest BCUT2D eigenvalue weighted by Crippen LogP contribution is 2.42. The van der Waals surface area contributed by atoms with Crippen molar-refractivity contribution in [3.05, 3.63) is 58.5 Å². The summed E-state index contributed by atoms with van der Waals surface area (Å²) in [6.45, 7) is 10.4. The summed E-state index contributed by atoms with van der Waals surface area (Å²) in [7, 11) is 0. The number of fused-ring (bicyclic) bond motifs is 2. The van der Waals surface area contributed by atoms with Crippen LogP contribution in [0.15, 0.2) is 41.8 Å². The first-order chi connectivity index (χ1) is 12.5. The van der Waals surface area contributed by atoms with Crippen LogP contribution in [0, 0.1) is 0 Å². The van der Waals surface area contributed by atoms with Gasteiger partial charge in [0.05, 0.1) is 0 Å². The summed E-state index contributed by atoms with van der Waals surface area (Å²) in [5.41, 5.74) is 4.05. The van der Waals surface area contributed by atoms with Gasteiger partial charge in [-0.3, -0.25) is 0 Å². The van der Waals surface area contributed by atoms with E-state index in [1.807, 2.05) is 11.3 Å². The first kappa shape index (κ1) is 17.4. The molecule has 2 aromatic carbocycles. The molecule has 0 saturated carbocycles. The van der Waals surface area contributed by atoms with E-state index in [1.54, 1.807) is 0 Å². The van der Waals surface area contributed by atoms with Crippen LogP contribution in [0.5, 0.6) is 11.5 Å². The highest BCUT2D eigenvalue weighted by Gasteiger charge is 2.27. The lowest BCUT2D eigenvalue weighted by atomic mass is 9.78. The van der Waals surface area contributed by atoms with Crippen LogP contribution in [-0.2, 0) is 11.8 Å². The van der Waals surface area contributed by atoms with Gasteiger partial charge in [0, 0.05) is 10.3 Å². The van der Waals surface area contributed by atoms with Crippen LogP contribution in [0.25, 0.3) is 10.1 Å². The Morgan fingerprint density at radius 1 is 1.08 bits per heavy atom. The molecule has 1 aliphatic heterocycles.